The number of hydrogen-bond acceptors (Lipinski definition) is 5. The molecule has 1 aromatic rings. The first-order valence-electron chi connectivity index (χ1n) is 4.78. The molecule has 1 unspecified atom stereocenters. The zero-order valence-electron chi connectivity index (χ0n) is 8.77. The van der Waals surface area contributed by atoms with E-state index in [0.717, 1.165) is 6.42 Å². The highest BCUT2D eigenvalue weighted by atomic mass is 32.2. The Bertz CT molecular complexity index is 374. The van der Waals surface area contributed by atoms with E-state index < -0.39 is 16.1 Å². The Morgan fingerprint density at radius 3 is 2.80 bits per heavy atom. The van der Waals surface area contributed by atoms with Crippen LogP contribution in [0.5, 0.6) is 0 Å². The number of H-pyrrole nitrogens is 1. The fourth-order valence-electron chi connectivity index (χ4n) is 1.07. The summed E-state index contributed by atoms with van der Waals surface area (Å²) in [7, 11) is -3.24. The highest BCUT2D eigenvalue weighted by molar-refractivity contribution is 7.89. The van der Waals surface area contributed by atoms with E-state index in [1.165, 1.54) is 0 Å². The average molecular weight is 233 g/mol. The molecule has 0 bridgehead atoms. The number of aromatic nitrogens is 4. The lowest BCUT2D eigenvalue weighted by Gasteiger charge is -2.09. The Morgan fingerprint density at radius 1 is 1.53 bits per heavy atom. The van der Waals surface area contributed by atoms with E-state index in [1.807, 2.05) is 6.92 Å². The number of nitrogens with one attached hydrogen (secondary N) is 2. The van der Waals surface area contributed by atoms with Gasteiger partial charge in [0.1, 0.15) is 0 Å². The number of hydrogen-bond donors (Lipinski definition) is 2. The molecule has 15 heavy (non-hydrogen) atoms. The molecule has 0 aliphatic carbocycles. The second-order valence-electron chi connectivity index (χ2n) is 3.28. The van der Waals surface area contributed by atoms with Gasteiger partial charge in [0.15, 0.2) is 5.82 Å². The van der Waals surface area contributed by atoms with Gasteiger partial charge in [-0.05, 0) is 13.3 Å². The van der Waals surface area contributed by atoms with E-state index in [4.69, 9.17) is 0 Å². The molecular formula is C7H15N5O2S. The summed E-state index contributed by atoms with van der Waals surface area (Å²) in [5.41, 5.74) is 0. The standard InChI is InChI=1S/C7H15N5O2S/c1-3-4-5-15(13,14)10-6(2)7-8-11-12-9-7/h6,10H,3-5H2,1-2H3,(H,8,9,11,12). The van der Waals surface area contributed by atoms with E-state index in [-0.39, 0.29) is 5.75 Å². The topological polar surface area (TPSA) is 101 Å². The van der Waals surface area contributed by atoms with Gasteiger partial charge in [0, 0.05) is 0 Å². The lowest BCUT2D eigenvalue weighted by molar-refractivity contribution is 0.557. The molecule has 0 saturated heterocycles. The first-order chi connectivity index (χ1) is 7.05. The molecule has 2 N–H and O–H groups in total. The van der Waals surface area contributed by atoms with Crippen LogP contribution in [0.25, 0.3) is 0 Å². The fourth-order valence-corrected chi connectivity index (χ4v) is 2.50. The van der Waals surface area contributed by atoms with Gasteiger partial charge in [-0.2, -0.15) is 5.21 Å². The molecule has 8 heteroatoms. The Hall–Kier alpha value is -1.02. The molecule has 86 valence electrons. The van der Waals surface area contributed by atoms with Gasteiger partial charge in [0.05, 0.1) is 11.8 Å². The number of rotatable bonds is 6. The number of sulfonamides is 1. The summed E-state index contributed by atoms with van der Waals surface area (Å²) in [4.78, 5) is 0. The predicted molar refractivity (Wildman–Crippen MR) is 54.4 cm³/mol. The van der Waals surface area contributed by atoms with Crippen molar-refractivity contribution >= 4 is 10.0 Å². The predicted octanol–water partition coefficient (Wildman–Crippen LogP) is -0.0198. The third-order valence-electron chi connectivity index (χ3n) is 1.87. The van der Waals surface area contributed by atoms with Crippen LogP contribution in [0.3, 0.4) is 0 Å². The Balaban J connectivity index is 2.54. The second kappa shape index (κ2) is 5.17. The van der Waals surface area contributed by atoms with Crippen LogP contribution in [0.4, 0.5) is 0 Å². The van der Waals surface area contributed by atoms with Crippen molar-refractivity contribution in [2.45, 2.75) is 32.7 Å². The summed E-state index contributed by atoms with van der Waals surface area (Å²) in [6.07, 6.45) is 1.49. The van der Waals surface area contributed by atoms with Crippen molar-refractivity contribution in [1.29, 1.82) is 0 Å². The summed E-state index contributed by atoms with van der Waals surface area (Å²) < 4.78 is 25.5. The fraction of sp³-hybridized carbons (Fsp3) is 0.857. The van der Waals surface area contributed by atoms with Crippen molar-refractivity contribution < 1.29 is 8.42 Å². The van der Waals surface area contributed by atoms with Crippen LogP contribution < -0.4 is 4.72 Å². The van der Waals surface area contributed by atoms with Crippen LogP contribution in [0, 0.1) is 0 Å². The minimum Gasteiger partial charge on any atom is -0.212 e. The van der Waals surface area contributed by atoms with Gasteiger partial charge in [0.2, 0.25) is 10.0 Å². The van der Waals surface area contributed by atoms with E-state index in [1.54, 1.807) is 6.92 Å². The first-order valence-corrected chi connectivity index (χ1v) is 6.43. The average Bonchev–Trinajstić information content (AvgIpc) is 2.67. The van der Waals surface area contributed by atoms with E-state index in [9.17, 15) is 8.42 Å². The van der Waals surface area contributed by atoms with E-state index in [0.29, 0.717) is 12.2 Å². The maximum atomic E-state index is 11.5. The Kier molecular flexibility index (Phi) is 4.15. The first kappa shape index (κ1) is 12.1. The second-order valence-corrected chi connectivity index (χ2v) is 5.16. The maximum absolute atomic E-state index is 11.5. The van der Waals surface area contributed by atoms with Crippen molar-refractivity contribution in [3.63, 3.8) is 0 Å². The number of aromatic amines is 1. The SMILES string of the molecule is CCCCS(=O)(=O)NC(C)c1nn[nH]n1. The van der Waals surface area contributed by atoms with Crippen LogP contribution in [0.15, 0.2) is 0 Å². The largest absolute Gasteiger partial charge is 0.212 e. The molecule has 0 aliphatic heterocycles. The van der Waals surface area contributed by atoms with Crippen molar-refractivity contribution in [3.05, 3.63) is 5.82 Å². The molecule has 0 saturated carbocycles. The van der Waals surface area contributed by atoms with Gasteiger partial charge in [-0.1, -0.05) is 18.6 Å². The quantitative estimate of drug-likeness (QED) is 0.719. The highest BCUT2D eigenvalue weighted by Gasteiger charge is 2.17. The van der Waals surface area contributed by atoms with Crippen molar-refractivity contribution in [3.8, 4) is 0 Å². The van der Waals surface area contributed by atoms with Crippen molar-refractivity contribution in [2.24, 2.45) is 0 Å². The van der Waals surface area contributed by atoms with Crippen LogP contribution in [-0.4, -0.2) is 34.8 Å². The summed E-state index contributed by atoms with van der Waals surface area (Å²) in [6.45, 7) is 3.62. The van der Waals surface area contributed by atoms with Gasteiger partial charge in [-0.25, -0.2) is 13.1 Å². The third-order valence-corrected chi connectivity index (χ3v) is 3.41. The lowest BCUT2D eigenvalue weighted by Crippen LogP contribution is -2.29. The van der Waals surface area contributed by atoms with Crippen molar-refractivity contribution in [1.82, 2.24) is 25.3 Å². The third kappa shape index (κ3) is 3.92. The smallest absolute Gasteiger partial charge is 0.212 e. The lowest BCUT2D eigenvalue weighted by atomic mass is 10.4. The normalized spacial score (nSPS) is 14.0. The Morgan fingerprint density at radius 2 is 2.27 bits per heavy atom. The zero-order valence-corrected chi connectivity index (χ0v) is 9.58. The van der Waals surface area contributed by atoms with Crippen LogP contribution in [0.2, 0.25) is 0 Å². The summed E-state index contributed by atoms with van der Waals surface area (Å²) >= 11 is 0. The van der Waals surface area contributed by atoms with Gasteiger partial charge in [0.25, 0.3) is 0 Å². The maximum Gasteiger partial charge on any atom is 0.212 e. The van der Waals surface area contributed by atoms with Crippen LogP contribution in [0.1, 0.15) is 38.6 Å². The number of tetrazole rings is 1. The van der Waals surface area contributed by atoms with Gasteiger partial charge >= 0.3 is 0 Å². The van der Waals surface area contributed by atoms with E-state index in [2.05, 4.69) is 25.3 Å². The van der Waals surface area contributed by atoms with Gasteiger partial charge in [-0.3, -0.25) is 0 Å². The molecular weight excluding hydrogens is 218 g/mol. The van der Waals surface area contributed by atoms with Gasteiger partial charge < -0.3 is 0 Å². The summed E-state index contributed by atoms with van der Waals surface area (Å²) in [5, 5.41) is 13.1. The Labute approximate surface area is 88.7 Å². The monoisotopic (exact) mass is 233 g/mol. The minimum absolute atomic E-state index is 0.131. The van der Waals surface area contributed by atoms with Crippen LogP contribution in [-0.2, 0) is 10.0 Å². The van der Waals surface area contributed by atoms with E-state index >= 15 is 0 Å². The molecule has 1 heterocycles. The number of nitrogens with zero attached hydrogens (tertiary/aromatic N) is 3. The minimum atomic E-state index is -3.24. The number of unbranched alkanes of at least 4 members (excludes halogenated alkanes) is 1. The summed E-state index contributed by atoms with van der Waals surface area (Å²) in [6, 6.07) is -0.453. The molecule has 0 radical (unpaired) electrons. The highest BCUT2D eigenvalue weighted by Crippen LogP contribution is 2.06. The molecule has 1 rings (SSSR count). The zero-order chi connectivity index (χ0) is 11.3. The molecule has 0 amide bonds. The van der Waals surface area contributed by atoms with Crippen molar-refractivity contribution in [2.75, 3.05) is 5.75 Å². The summed E-state index contributed by atoms with van der Waals surface area (Å²) in [5.74, 6) is 0.473. The molecule has 0 aliphatic rings. The molecule has 0 fully saturated rings. The molecule has 0 aromatic carbocycles. The molecule has 0 spiro atoms. The van der Waals surface area contributed by atoms with Gasteiger partial charge in [-0.15, -0.1) is 10.2 Å². The molecule has 1 atom stereocenters. The molecule has 7 nitrogen and oxygen atoms in total. The van der Waals surface area contributed by atoms with Crippen LogP contribution >= 0.6 is 0 Å². The molecule has 1 aromatic heterocycles.